The van der Waals surface area contributed by atoms with Gasteiger partial charge in [-0.15, -0.1) is 22.7 Å². The lowest BCUT2D eigenvalue weighted by atomic mass is 10.0. The summed E-state index contributed by atoms with van der Waals surface area (Å²) in [6.07, 6.45) is 0. The Morgan fingerprint density at radius 1 is 0.597 bits per heavy atom. The number of thiazole rings is 2. The molecule has 16 heteroatoms. The fourth-order valence-corrected chi connectivity index (χ4v) is 11.1. The summed E-state index contributed by atoms with van der Waals surface area (Å²) < 4.78 is 46.0. The second-order valence-corrected chi connectivity index (χ2v) is 20.3. The van der Waals surface area contributed by atoms with E-state index in [0.29, 0.717) is 102 Å². The highest BCUT2D eigenvalue weighted by molar-refractivity contribution is 7.20. The minimum Gasteiger partial charge on any atom is -0.503 e. The largest absolute Gasteiger partial charge is 0.743 e. The van der Waals surface area contributed by atoms with E-state index in [1.54, 1.807) is 0 Å². The third-order valence-electron chi connectivity index (χ3n) is 12.3. The maximum absolute atomic E-state index is 11.9. The standard InChI is InChI=1S/C56H42B2N6O6S2/c1-33(2)31-65-37-18-14-16-35(28-37)51-48-49(54(64(51)58-69-44-24-10-11-25-45(44)70-58)50(60-5)56-62-41-21-7-13-27-47(41)72-56)52(36-17-15-19-38(29-36)66-32-34(3)4)63(57-67-42-22-8-9-23-43(42)68-57)53(48)39(30-59)55-61-40-20-6-12-26-46(40)71-55/h6-29,33-34H,31-32H2,1-4H3/b53-39-,54-50+. The molecule has 0 radical (unpaired) electrons. The van der Waals surface area contributed by atoms with Crippen molar-refractivity contribution >= 4 is 79.7 Å². The van der Waals surface area contributed by atoms with Crippen LogP contribution in [0, 0.1) is 29.7 Å². The van der Waals surface area contributed by atoms with E-state index in [-0.39, 0.29) is 23.1 Å². The third kappa shape index (κ3) is 7.86. The van der Waals surface area contributed by atoms with Crippen LogP contribution in [0.25, 0.3) is 69.8 Å². The van der Waals surface area contributed by atoms with Crippen LogP contribution in [-0.2, 0) is 0 Å². The molecular formula is C56H42B2N6O6S2. The number of hydrogen-bond acceptors (Lipinski definition) is 11. The number of para-hydroxylation sites is 6. The molecule has 12 nitrogen and oxygen atoms in total. The summed E-state index contributed by atoms with van der Waals surface area (Å²) in [5.41, 5.74) is 4.51. The van der Waals surface area contributed by atoms with Crippen molar-refractivity contribution in [3.8, 4) is 63.1 Å². The summed E-state index contributed by atoms with van der Waals surface area (Å²) in [5.74, 6) is 3.87. The SMILES string of the molecule is [C-]#[N+]/C(c1nc2ccccc2s1)=c1\c2c(-c3cccc(OCC(C)C)c3)n(B3Oc4ccccc4O3)/c(=C(/C#N)c3nc4ccccc4s3)c2c(-c2cccc(OCC(C)C)c2)n1B1Oc2ccccc2O1. The van der Waals surface area contributed by atoms with E-state index in [2.05, 4.69) is 38.6 Å². The molecule has 0 amide bonds. The van der Waals surface area contributed by atoms with E-state index in [9.17, 15) is 11.8 Å². The minimum absolute atomic E-state index is 0.232. The highest BCUT2D eigenvalue weighted by atomic mass is 32.1. The van der Waals surface area contributed by atoms with Gasteiger partial charge in [0.1, 0.15) is 56.2 Å². The lowest BCUT2D eigenvalue weighted by Gasteiger charge is -2.17. The summed E-state index contributed by atoms with van der Waals surface area (Å²) in [6.45, 7) is 18.6. The number of ether oxygens (including phenoxy) is 2. The number of benzene rings is 6. The molecule has 6 aromatic carbocycles. The Labute approximate surface area is 423 Å². The van der Waals surface area contributed by atoms with Crippen LogP contribution in [0.15, 0.2) is 146 Å². The summed E-state index contributed by atoms with van der Waals surface area (Å²) >= 11 is 2.84. The fraction of sp³-hybridized carbons (Fsp3) is 0.143. The molecule has 0 unspecified atom stereocenters. The number of nitriles is 1. The van der Waals surface area contributed by atoms with E-state index in [1.807, 2.05) is 155 Å². The molecule has 0 fully saturated rings. The van der Waals surface area contributed by atoms with E-state index >= 15 is 0 Å². The molecule has 0 saturated heterocycles. The molecule has 0 N–H and O–H groups in total. The van der Waals surface area contributed by atoms with Crippen LogP contribution >= 0.6 is 22.7 Å². The Kier molecular flexibility index (Phi) is 11.4. The van der Waals surface area contributed by atoms with Crippen molar-refractivity contribution in [2.45, 2.75) is 27.7 Å². The van der Waals surface area contributed by atoms with Gasteiger partial charge in [-0.2, -0.15) is 5.26 Å². The number of hydrogen-bond donors (Lipinski definition) is 0. The van der Waals surface area contributed by atoms with Gasteiger partial charge in [0.25, 0.3) is 0 Å². The first kappa shape index (κ1) is 44.8. The lowest BCUT2D eigenvalue weighted by molar-refractivity contribution is 0.271. The molecule has 350 valence electrons. The van der Waals surface area contributed by atoms with Crippen LogP contribution < -0.4 is 38.8 Å². The zero-order chi connectivity index (χ0) is 49.0. The van der Waals surface area contributed by atoms with Crippen molar-refractivity contribution in [1.82, 2.24) is 18.9 Å². The first-order valence-electron chi connectivity index (χ1n) is 23.6. The summed E-state index contributed by atoms with van der Waals surface area (Å²) in [7, 11) is -2.31. The van der Waals surface area contributed by atoms with Gasteiger partial charge in [-0.1, -0.05) is 100 Å². The van der Waals surface area contributed by atoms with Crippen molar-refractivity contribution in [3.05, 3.63) is 178 Å². The summed E-state index contributed by atoms with van der Waals surface area (Å²) in [6, 6.07) is 49.1. The molecule has 0 saturated carbocycles. The minimum atomic E-state index is -1.16. The lowest BCUT2D eigenvalue weighted by Crippen LogP contribution is -2.44. The predicted octanol–water partition coefficient (Wildman–Crippen LogP) is 11.5. The van der Waals surface area contributed by atoms with Crippen LogP contribution in [0.2, 0.25) is 0 Å². The van der Waals surface area contributed by atoms with Gasteiger partial charge in [-0.05, 0) is 84.6 Å². The first-order chi connectivity index (χ1) is 35.2. The summed E-state index contributed by atoms with van der Waals surface area (Å²) in [4.78, 5) is 14.7. The molecule has 6 heterocycles. The molecule has 0 aliphatic carbocycles. The first-order valence-corrected chi connectivity index (χ1v) is 25.2. The molecule has 72 heavy (non-hydrogen) atoms. The number of nitrogens with zero attached hydrogens (tertiary/aromatic N) is 6. The normalized spacial score (nSPS) is 13.6. The number of fused-ring (bicyclic) bond motifs is 5. The molecule has 10 aromatic rings. The van der Waals surface area contributed by atoms with Crippen molar-refractivity contribution in [2.24, 2.45) is 11.8 Å². The number of aromatic nitrogens is 4. The van der Waals surface area contributed by atoms with Crippen molar-refractivity contribution in [1.29, 1.82) is 5.26 Å². The van der Waals surface area contributed by atoms with Gasteiger partial charge in [0.2, 0.25) is 5.70 Å². The van der Waals surface area contributed by atoms with Crippen LogP contribution in [-0.4, -0.2) is 46.6 Å². The van der Waals surface area contributed by atoms with Crippen LogP contribution in [0.4, 0.5) is 0 Å². The van der Waals surface area contributed by atoms with Gasteiger partial charge in [0, 0.05) is 21.9 Å². The Hall–Kier alpha value is -8.43. The van der Waals surface area contributed by atoms with Crippen LogP contribution in [0.3, 0.4) is 0 Å². The van der Waals surface area contributed by atoms with Crippen molar-refractivity contribution < 1.29 is 28.1 Å². The Morgan fingerprint density at radius 3 is 1.49 bits per heavy atom. The molecule has 0 bridgehead atoms. The Bertz CT molecular complexity index is 3620. The van der Waals surface area contributed by atoms with Gasteiger partial charge < -0.3 is 37.0 Å². The topological polar surface area (TPSA) is 119 Å². The highest BCUT2D eigenvalue weighted by Gasteiger charge is 2.45. The van der Waals surface area contributed by atoms with Crippen molar-refractivity contribution in [2.75, 3.05) is 13.2 Å². The van der Waals surface area contributed by atoms with E-state index in [4.69, 9.17) is 38.1 Å². The zero-order valence-electron chi connectivity index (χ0n) is 39.5. The molecule has 12 rings (SSSR count). The molecular weight excluding hydrogens is 938 g/mol. The van der Waals surface area contributed by atoms with Crippen LogP contribution in [0.5, 0.6) is 34.5 Å². The van der Waals surface area contributed by atoms with Gasteiger partial charge in [0.05, 0.1) is 62.3 Å². The molecule has 0 atom stereocenters. The molecule has 4 aromatic heterocycles. The van der Waals surface area contributed by atoms with Gasteiger partial charge in [-0.3, -0.25) is 0 Å². The third-order valence-corrected chi connectivity index (χ3v) is 14.4. The maximum atomic E-state index is 11.9. The smallest absolute Gasteiger partial charge is 0.503 e. The van der Waals surface area contributed by atoms with Gasteiger partial charge in [0.15, 0.2) is 0 Å². The quantitative estimate of drug-likeness (QED) is 0.0870. The van der Waals surface area contributed by atoms with Crippen LogP contribution in [0.1, 0.15) is 37.7 Å². The average molecular weight is 981 g/mol. The van der Waals surface area contributed by atoms with E-state index < -0.39 is 14.5 Å². The number of rotatable bonds is 12. The maximum Gasteiger partial charge on any atom is 0.743 e. The molecule has 0 spiro atoms. The average Bonchev–Trinajstić information content (AvgIpc) is 4.26. The second kappa shape index (κ2) is 18.4. The highest BCUT2D eigenvalue weighted by Crippen LogP contribution is 2.43. The van der Waals surface area contributed by atoms with E-state index in [1.165, 1.54) is 22.7 Å². The second-order valence-electron chi connectivity index (χ2n) is 18.2. The fourth-order valence-electron chi connectivity index (χ4n) is 9.20. The Balaban J connectivity index is 1.34. The monoisotopic (exact) mass is 980 g/mol. The summed E-state index contributed by atoms with van der Waals surface area (Å²) in [5, 5.41) is 14.9. The predicted molar refractivity (Wildman–Crippen MR) is 285 cm³/mol. The van der Waals surface area contributed by atoms with Crippen molar-refractivity contribution in [3.63, 3.8) is 0 Å². The van der Waals surface area contributed by atoms with Gasteiger partial charge >= 0.3 is 14.5 Å². The van der Waals surface area contributed by atoms with E-state index in [0.717, 1.165) is 20.4 Å². The van der Waals surface area contributed by atoms with Gasteiger partial charge in [-0.25, -0.2) is 14.8 Å². The Morgan fingerprint density at radius 2 is 1.03 bits per heavy atom. The molecule has 2 aliphatic heterocycles. The molecule has 2 aliphatic rings. The zero-order valence-corrected chi connectivity index (χ0v) is 41.2.